The minimum absolute atomic E-state index is 0.165. The number of benzene rings is 3. The maximum absolute atomic E-state index is 12.2. The highest BCUT2D eigenvalue weighted by atomic mass is 35.5. The number of esters is 1. The molecule has 0 fully saturated rings. The van der Waals surface area contributed by atoms with Crippen molar-refractivity contribution in [1.29, 1.82) is 0 Å². The van der Waals surface area contributed by atoms with Gasteiger partial charge in [0, 0.05) is 21.2 Å². The number of ether oxygens (including phenoxy) is 1. The van der Waals surface area contributed by atoms with Crippen LogP contribution in [0.1, 0.15) is 11.1 Å². The number of halogens is 2. The average molecular weight is 368 g/mol. The molecule has 0 N–H and O–H groups in total. The summed E-state index contributed by atoms with van der Waals surface area (Å²) in [5.41, 5.74) is 1.47. The third-order valence-corrected chi connectivity index (χ3v) is 4.58. The van der Waals surface area contributed by atoms with Crippen LogP contribution in [0.3, 0.4) is 0 Å². The van der Waals surface area contributed by atoms with Gasteiger partial charge >= 0.3 is 5.97 Å². The van der Waals surface area contributed by atoms with E-state index < -0.39 is 5.97 Å². The predicted octanol–water partition coefficient (Wildman–Crippen LogP) is 5.49. The fourth-order valence-corrected chi connectivity index (χ4v) is 3.23. The molecule has 0 saturated carbocycles. The number of hydrogen-bond acceptors (Lipinski definition) is 3. The van der Waals surface area contributed by atoms with Gasteiger partial charge in [0.05, 0.1) is 0 Å². The molecule has 1 heterocycles. The van der Waals surface area contributed by atoms with Crippen LogP contribution in [0.25, 0.3) is 16.8 Å². The highest BCUT2D eigenvalue weighted by Crippen LogP contribution is 2.29. The van der Waals surface area contributed by atoms with Gasteiger partial charge in [-0.1, -0.05) is 65.7 Å². The number of aliphatic imine (C=N–C) groups is 1. The van der Waals surface area contributed by atoms with Crippen molar-refractivity contribution in [3.63, 3.8) is 0 Å². The van der Waals surface area contributed by atoms with E-state index in [0.29, 0.717) is 15.6 Å². The Morgan fingerprint density at radius 3 is 2.36 bits per heavy atom. The maximum Gasteiger partial charge on any atom is 0.363 e. The lowest BCUT2D eigenvalue weighted by atomic mass is 10.0. The molecule has 1 aliphatic rings. The van der Waals surface area contributed by atoms with Crippen LogP contribution in [0.2, 0.25) is 10.0 Å². The van der Waals surface area contributed by atoms with Crippen LogP contribution in [0.4, 0.5) is 0 Å². The summed E-state index contributed by atoms with van der Waals surface area (Å²) in [5.74, 6) is -0.254. The molecule has 0 atom stereocenters. The molecule has 0 unspecified atom stereocenters. The Morgan fingerprint density at radius 2 is 1.56 bits per heavy atom. The first-order chi connectivity index (χ1) is 12.1. The summed E-state index contributed by atoms with van der Waals surface area (Å²) in [6.07, 6.45) is 1.55. The quantitative estimate of drug-likeness (QED) is 0.443. The van der Waals surface area contributed by atoms with Crippen LogP contribution >= 0.6 is 23.2 Å². The van der Waals surface area contributed by atoms with Crippen molar-refractivity contribution >= 4 is 51.9 Å². The number of nitrogens with zero attached hydrogens (tertiary/aromatic N) is 1. The lowest BCUT2D eigenvalue weighted by Crippen LogP contribution is -2.05. The van der Waals surface area contributed by atoms with Gasteiger partial charge in [0.1, 0.15) is 0 Å². The van der Waals surface area contributed by atoms with Crippen LogP contribution in [0.5, 0.6) is 0 Å². The van der Waals surface area contributed by atoms with Crippen LogP contribution in [-0.2, 0) is 9.53 Å². The number of hydrogen-bond donors (Lipinski definition) is 0. The Balaban J connectivity index is 1.82. The zero-order valence-electron chi connectivity index (χ0n) is 12.9. The monoisotopic (exact) mass is 367 g/mol. The van der Waals surface area contributed by atoms with E-state index in [0.717, 1.165) is 16.3 Å². The lowest BCUT2D eigenvalue weighted by molar-refractivity contribution is -0.129. The molecule has 0 bridgehead atoms. The van der Waals surface area contributed by atoms with E-state index in [4.69, 9.17) is 27.9 Å². The van der Waals surface area contributed by atoms with Gasteiger partial charge in [-0.3, -0.25) is 0 Å². The molecule has 1 aliphatic heterocycles. The molecule has 3 aromatic rings. The number of carbonyl (C=O) groups excluding carboxylic acids is 1. The summed E-state index contributed by atoms with van der Waals surface area (Å²) in [4.78, 5) is 16.6. The van der Waals surface area contributed by atoms with Crippen molar-refractivity contribution in [2.24, 2.45) is 4.99 Å². The Hall–Kier alpha value is -2.62. The third-order valence-electron chi connectivity index (χ3n) is 3.92. The smallest absolute Gasteiger partial charge is 0.363 e. The summed E-state index contributed by atoms with van der Waals surface area (Å²) in [6.45, 7) is 0. The normalized spacial score (nSPS) is 15.5. The van der Waals surface area contributed by atoms with Crippen LogP contribution < -0.4 is 0 Å². The van der Waals surface area contributed by atoms with Gasteiger partial charge in [0.15, 0.2) is 5.70 Å². The SMILES string of the molecule is O=C1OC(c2cccc3ccccc23)=N/C1=C/c1c(Cl)cccc1Cl. The molecule has 0 aromatic heterocycles. The van der Waals surface area contributed by atoms with Gasteiger partial charge in [0.2, 0.25) is 5.90 Å². The largest absolute Gasteiger partial charge is 0.402 e. The minimum atomic E-state index is -0.529. The van der Waals surface area contributed by atoms with Crippen molar-refractivity contribution in [2.45, 2.75) is 0 Å². The first-order valence-electron chi connectivity index (χ1n) is 7.58. The van der Waals surface area contributed by atoms with Gasteiger partial charge in [-0.2, -0.15) is 0 Å². The van der Waals surface area contributed by atoms with Crippen LogP contribution in [-0.4, -0.2) is 11.9 Å². The van der Waals surface area contributed by atoms with Gasteiger partial charge in [0.25, 0.3) is 0 Å². The minimum Gasteiger partial charge on any atom is -0.402 e. The van der Waals surface area contributed by atoms with E-state index in [1.165, 1.54) is 0 Å². The zero-order valence-corrected chi connectivity index (χ0v) is 14.4. The summed E-state index contributed by atoms with van der Waals surface area (Å²) in [6, 6.07) is 18.8. The highest BCUT2D eigenvalue weighted by Gasteiger charge is 2.25. The molecule has 0 spiro atoms. The number of cyclic esters (lactones) is 1. The summed E-state index contributed by atoms with van der Waals surface area (Å²) in [5, 5.41) is 2.90. The van der Waals surface area contributed by atoms with Crippen molar-refractivity contribution in [3.05, 3.63) is 87.5 Å². The fourth-order valence-electron chi connectivity index (χ4n) is 2.72. The highest BCUT2D eigenvalue weighted by molar-refractivity contribution is 6.37. The zero-order chi connectivity index (χ0) is 17.4. The van der Waals surface area contributed by atoms with Gasteiger partial charge < -0.3 is 4.74 Å². The number of fused-ring (bicyclic) bond motifs is 1. The second kappa shape index (κ2) is 6.36. The molecule has 25 heavy (non-hydrogen) atoms. The topological polar surface area (TPSA) is 38.7 Å². The standard InChI is InChI=1S/C20H11Cl2NO2/c21-16-9-4-10-17(22)15(16)11-18-20(24)25-19(23-18)14-8-3-6-12-5-1-2-7-13(12)14/h1-11H/b18-11+. The molecule has 3 aromatic carbocycles. The molecular formula is C20H11Cl2NO2. The summed E-state index contributed by atoms with van der Waals surface area (Å²) < 4.78 is 5.38. The Labute approximate surface area is 154 Å². The summed E-state index contributed by atoms with van der Waals surface area (Å²) in [7, 11) is 0. The van der Waals surface area contributed by atoms with E-state index in [1.807, 2.05) is 42.5 Å². The molecule has 122 valence electrons. The number of carbonyl (C=O) groups is 1. The van der Waals surface area contributed by atoms with Crippen molar-refractivity contribution in [1.82, 2.24) is 0 Å². The first kappa shape index (κ1) is 15.9. The molecular weight excluding hydrogens is 357 g/mol. The second-order valence-corrected chi connectivity index (χ2v) is 6.31. The molecule has 5 heteroatoms. The first-order valence-corrected chi connectivity index (χ1v) is 8.34. The molecule has 0 saturated heterocycles. The van der Waals surface area contributed by atoms with Crippen molar-refractivity contribution < 1.29 is 9.53 Å². The van der Waals surface area contributed by atoms with E-state index in [1.54, 1.807) is 24.3 Å². The van der Waals surface area contributed by atoms with E-state index in [9.17, 15) is 4.79 Å². The number of rotatable bonds is 2. The third kappa shape index (κ3) is 2.93. The Bertz CT molecular complexity index is 1040. The van der Waals surface area contributed by atoms with Gasteiger partial charge in [-0.25, -0.2) is 9.79 Å². The van der Waals surface area contributed by atoms with Gasteiger partial charge in [-0.15, -0.1) is 0 Å². The Morgan fingerprint density at radius 1 is 0.880 bits per heavy atom. The van der Waals surface area contributed by atoms with Crippen LogP contribution in [0.15, 0.2) is 71.4 Å². The molecule has 4 rings (SSSR count). The van der Waals surface area contributed by atoms with E-state index in [2.05, 4.69) is 4.99 Å². The Kier molecular flexibility index (Phi) is 4.04. The maximum atomic E-state index is 12.2. The lowest BCUT2D eigenvalue weighted by Gasteiger charge is -2.04. The van der Waals surface area contributed by atoms with Gasteiger partial charge in [-0.05, 0) is 35.0 Å². The van der Waals surface area contributed by atoms with Crippen LogP contribution in [0, 0.1) is 0 Å². The van der Waals surface area contributed by atoms with Crippen molar-refractivity contribution in [2.75, 3.05) is 0 Å². The van der Waals surface area contributed by atoms with E-state index >= 15 is 0 Å². The van der Waals surface area contributed by atoms with E-state index in [-0.39, 0.29) is 11.6 Å². The summed E-state index contributed by atoms with van der Waals surface area (Å²) >= 11 is 12.3. The predicted molar refractivity (Wildman–Crippen MR) is 101 cm³/mol. The second-order valence-electron chi connectivity index (χ2n) is 5.50. The molecule has 0 radical (unpaired) electrons. The van der Waals surface area contributed by atoms with Crippen molar-refractivity contribution in [3.8, 4) is 0 Å². The average Bonchev–Trinajstić information content (AvgIpc) is 2.98. The molecule has 3 nitrogen and oxygen atoms in total. The molecule has 0 amide bonds. The molecule has 0 aliphatic carbocycles. The fraction of sp³-hybridized carbons (Fsp3) is 0.